The molecule has 0 fully saturated rings. The molecule has 4 nitrogen and oxygen atoms in total. The van der Waals surface area contributed by atoms with Gasteiger partial charge >= 0.3 is 7.60 Å². The van der Waals surface area contributed by atoms with Gasteiger partial charge in [-0.1, -0.05) is 234 Å². The van der Waals surface area contributed by atoms with Crippen molar-refractivity contribution >= 4 is 7.60 Å². The van der Waals surface area contributed by atoms with Crippen LogP contribution in [0.5, 0.6) is 5.75 Å². The van der Waals surface area contributed by atoms with Gasteiger partial charge in [0.2, 0.25) is 0 Å². The maximum absolute atomic E-state index is 14.4. The first-order chi connectivity index (χ1) is 24.8. The summed E-state index contributed by atoms with van der Waals surface area (Å²) in [7, 11) is -3.36. The standard InChI is InChI=1S/C47H89O4P/c1-9-11-13-15-17-19-21-23-25-27-29-31-33-35-37-50-52(49,41-42-39-43(46(3,4)5)45(48)44(40-42)47(6,7)8)51-38-36-34-32-30-28-26-24-22-20-18-16-14-12-10-2/h39-40,48H,9-38,41H2,1-8H3. The Morgan fingerprint density at radius 1 is 0.462 bits per heavy atom. The maximum atomic E-state index is 14.4. The van der Waals surface area contributed by atoms with Gasteiger partial charge in [0.25, 0.3) is 0 Å². The first-order valence-corrected chi connectivity index (χ1v) is 24.3. The van der Waals surface area contributed by atoms with Crippen molar-refractivity contribution in [3.63, 3.8) is 0 Å². The summed E-state index contributed by atoms with van der Waals surface area (Å²) in [4.78, 5) is 0. The number of rotatable bonds is 34. The largest absolute Gasteiger partial charge is 0.507 e. The Hall–Kier alpha value is -0.830. The summed E-state index contributed by atoms with van der Waals surface area (Å²) in [6.07, 6.45) is 36.9. The van der Waals surface area contributed by atoms with E-state index < -0.39 is 7.60 Å². The minimum atomic E-state index is -3.36. The molecule has 52 heavy (non-hydrogen) atoms. The van der Waals surface area contributed by atoms with Crippen LogP contribution in [-0.2, 0) is 30.6 Å². The lowest BCUT2D eigenvalue weighted by molar-refractivity contribution is 0.196. The molecular formula is C47H89O4P. The summed E-state index contributed by atoms with van der Waals surface area (Å²) in [6.45, 7) is 18.2. The van der Waals surface area contributed by atoms with Crippen molar-refractivity contribution in [2.24, 2.45) is 0 Å². The molecule has 0 aliphatic heterocycles. The van der Waals surface area contributed by atoms with E-state index in [9.17, 15) is 9.67 Å². The van der Waals surface area contributed by atoms with Crippen LogP contribution in [0.4, 0.5) is 0 Å². The lowest BCUT2D eigenvalue weighted by atomic mass is 9.78. The highest BCUT2D eigenvalue weighted by atomic mass is 31.2. The zero-order valence-electron chi connectivity index (χ0n) is 36.2. The zero-order chi connectivity index (χ0) is 38.6. The SMILES string of the molecule is CCCCCCCCCCCCCCCCOP(=O)(Cc1cc(C(C)(C)C)c(O)c(C(C)(C)C)c1)OCCCCCCCCCCCCCCCC. The van der Waals surface area contributed by atoms with Gasteiger partial charge in [0.1, 0.15) is 5.75 Å². The van der Waals surface area contributed by atoms with Gasteiger partial charge in [0.05, 0.1) is 19.4 Å². The molecule has 0 aliphatic rings. The number of hydrogen-bond donors (Lipinski definition) is 1. The molecule has 0 bridgehead atoms. The number of aromatic hydroxyl groups is 1. The van der Waals surface area contributed by atoms with Crippen molar-refractivity contribution in [1.29, 1.82) is 0 Å². The first-order valence-electron chi connectivity index (χ1n) is 22.6. The molecule has 0 saturated carbocycles. The van der Waals surface area contributed by atoms with Gasteiger partial charge in [-0.3, -0.25) is 4.57 Å². The van der Waals surface area contributed by atoms with Crippen LogP contribution < -0.4 is 0 Å². The summed E-state index contributed by atoms with van der Waals surface area (Å²) in [5, 5.41) is 11.3. The number of phenols is 1. The van der Waals surface area contributed by atoms with Crippen LogP contribution in [0.15, 0.2) is 12.1 Å². The lowest BCUT2D eigenvalue weighted by Crippen LogP contribution is -2.18. The third kappa shape index (κ3) is 24.6. The van der Waals surface area contributed by atoms with Gasteiger partial charge < -0.3 is 14.2 Å². The highest BCUT2D eigenvalue weighted by Crippen LogP contribution is 2.53. The van der Waals surface area contributed by atoms with E-state index in [2.05, 4.69) is 55.4 Å². The van der Waals surface area contributed by atoms with Crippen molar-refractivity contribution in [2.45, 2.75) is 252 Å². The van der Waals surface area contributed by atoms with Crippen molar-refractivity contribution in [1.82, 2.24) is 0 Å². The molecule has 0 radical (unpaired) electrons. The van der Waals surface area contributed by atoms with Crippen LogP contribution in [0.3, 0.4) is 0 Å². The van der Waals surface area contributed by atoms with Crippen LogP contribution in [0.2, 0.25) is 0 Å². The predicted octanol–water partition coefficient (Wildman–Crippen LogP) is 16.7. The fourth-order valence-electron chi connectivity index (χ4n) is 7.28. The monoisotopic (exact) mass is 749 g/mol. The van der Waals surface area contributed by atoms with E-state index in [1.54, 1.807) is 0 Å². The van der Waals surface area contributed by atoms with Crippen LogP contribution in [0.1, 0.15) is 252 Å². The van der Waals surface area contributed by atoms with Crippen molar-refractivity contribution in [2.75, 3.05) is 13.2 Å². The summed E-state index contributed by atoms with van der Waals surface area (Å²) in [5.74, 6) is 0.352. The van der Waals surface area contributed by atoms with Gasteiger partial charge in [0.15, 0.2) is 0 Å². The van der Waals surface area contributed by atoms with Crippen molar-refractivity contribution < 1.29 is 18.7 Å². The summed E-state index contributed by atoms with van der Waals surface area (Å²) < 4.78 is 26.8. The Labute approximate surface area is 325 Å². The average molecular weight is 749 g/mol. The smallest absolute Gasteiger partial charge is 0.335 e. The average Bonchev–Trinajstić information content (AvgIpc) is 3.08. The minimum absolute atomic E-state index is 0.242. The van der Waals surface area contributed by atoms with Crippen LogP contribution in [0, 0.1) is 0 Å². The highest BCUT2D eigenvalue weighted by Gasteiger charge is 2.30. The van der Waals surface area contributed by atoms with Crippen LogP contribution >= 0.6 is 7.60 Å². The predicted molar refractivity (Wildman–Crippen MR) is 229 cm³/mol. The van der Waals surface area contributed by atoms with Gasteiger partial charge in [-0.25, -0.2) is 0 Å². The minimum Gasteiger partial charge on any atom is -0.507 e. The Kier molecular flexibility index (Phi) is 27.9. The second-order valence-corrected chi connectivity index (χ2v) is 20.2. The normalized spacial score (nSPS) is 12.6. The van der Waals surface area contributed by atoms with E-state index in [0.29, 0.717) is 19.0 Å². The van der Waals surface area contributed by atoms with Gasteiger partial charge in [-0.2, -0.15) is 0 Å². The number of phenolic OH excluding ortho intramolecular Hbond substituents is 1. The molecule has 0 saturated heterocycles. The van der Waals surface area contributed by atoms with Gasteiger partial charge in [0, 0.05) is 0 Å². The molecule has 0 aromatic heterocycles. The van der Waals surface area contributed by atoms with Gasteiger partial charge in [-0.15, -0.1) is 0 Å². The summed E-state index contributed by atoms with van der Waals surface area (Å²) in [6, 6.07) is 4.06. The second-order valence-electron chi connectivity index (χ2n) is 18.2. The first kappa shape index (κ1) is 49.2. The van der Waals surface area contributed by atoms with Crippen molar-refractivity contribution in [3.8, 4) is 5.75 Å². The highest BCUT2D eigenvalue weighted by molar-refractivity contribution is 7.53. The molecule has 0 unspecified atom stereocenters. The number of unbranched alkanes of at least 4 members (excludes halogenated alkanes) is 26. The van der Waals surface area contributed by atoms with E-state index in [1.165, 1.54) is 154 Å². The molecule has 1 rings (SSSR count). The van der Waals surface area contributed by atoms with E-state index in [1.807, 2.05) is 12.1 Å². The molecule has 0 amide bonds. The molecule has 0 heterocycles. The number of hydrogen-bond acceptors (Lipinski definition) is 4. The Balaban J connectivity index is 2.57. The number of benzene rings is 1. The molecule has 5 heteroatoms. The van der Waals surface area contributed by atoms with Crippen LogP contribution in [0.25, 0.3) is 0 Å². The fraction of sp³-hybridized carbons (Fsp3) is 0.872. The maximum Gasteiger partial charge on any atom is 0.335 e. The zero-order valence-corrected chi connectivity index (χ0v) is 37.1. The third-order valence-electron chi connectivity index (χ3n) is 10.7. The molecule has 0 spiro atoms. The molecule has 1 aromatic rings. The Morgan fingerprint density at radius 3 is 0.962 bits per heavy atom. The van der Waals surface area contributed by atoms with E-state index >= 15 is 0 Å². The van der Waals surface area contributed by atoms with Gasteiger partial charge in [-0.05, 0) is 40.4 Å². The quantitative estimate of drug-likeness (QED) is 0.0563. The van der Waals surface area contributed by atoms with E-state index in [-0.39, 0.29) is 17.0 Å². The summed E-state index contributed by atoms with van der Waals surface area (Å²) in [5.41, 5.74) is 2.22. The fourth-order valence-corrected chi connectivity index (χ4v) is 8.98. The van der Waals surface area contributed by atoms with Crippen LogP contribution in [-0.4, -0.2) is 18.3 Å². The van der Waals surface area contributed by atoms with Crippen molar-refractivity contribution in [3.05, 3.63) is 28.8 Å². The molecule has 0 atom stereocenters. The van der Waals surface area contributed by atoms with E-state index in [4.69, 9.17) is 9.05 Å². The van der Waals surface area contributed by atoms with E-state index in [0.717, 1.165) is 42.4 Å². The Bertz CT molecular complexity index is 964. The molecular weight excluding hydrogens is 659 g/mol. The molecule has 1 N–H and O–H groups in total. The summed E-state index contributed by atoms with van der Waals surface area (Å²) >= 11 is 0. The molecule has 1 aromatic carbocycles. The molecule has 0 aliphatic carbocycles. The molecule has 306 valence electrons. The third-order valence-corrected chi connectivity index (χ3v) is 12.6. The second kappa shape index (κ2) is 29.5. The topological polar surface area (TPSA) is 55.8 Å². The lowest BCUT2D eigenvalue weighted by Gasteiger charge is -2.29. The Morgan fingerprint density at radius 2 is 0.712 bits per heavy atom.